The summed E-state index contributed by atoms with van der Waals surface area (Å²) in [6, 6.07) is 0. The van der Waals surface area contributed by atoms with Crippen LogP contribution in [0.5, 0.6) is 0 Å². The molecule has 0 radical (unpaired) electrons. The van der Waals surface area contributed by atoms with Gasteiger partial charge in [0, 0.05) is 10.5 Å². The van der Waals surface area contributed by atoms with Crippen LogP contribution in [-0.4, -0.2) is 10.5 Å². The standard InChI is InChI=1S/C48H98S/c1-5-9-13-17-19-21-23-25-27-29-31-33-35-37-41-45-47(43-39-15-11-7-3)49-48(44-40-16-12-8-4)46-42-38-36-34-32-30-28-26-24-22-20-18-14-10-6-2/h47-48H,5-46H2,1-4H3. The van der Waals surface area contributed by atoms with Crippen LogP contribution in [0, 0.1) is 0 Å². The second kappa shape index (κ2) is 44.5. The Kier molecular flexibility index (Phi) is 44.8. The van der Waals surface area contributed by atoms with Crippen LogP contribution < -0.4 is 0 Å². The van der Waals surface area contributed by atoms with Crippen LogP contribution in [0.1, 0.15) is 297 Å². The Morgan fingerprint density at radius 2 is 0.347 bits per heavy atom. The van der Waals surface area contributed by atoms with E-state index in [2.05, 4.69) is 39.5 Å². The average molecular weight is 707 g/mol. The van der Waals surface area contributed by atoms with E-state index in [0.717, 1.165) is 10.5 Å². The molecule has 0 nitrogen and oxygen atoms in total. The zero-order valence-electron chi connectivity index (χ0n) is 35.3. The van der Waals surface area contributed by atoms with Crippen molar-refractivity contribution in [1.82, 2.24) is 0 Å². The Labute approximate surface area is 318 Å². The van der Waals surface area contributed by atoms with E-state index < -0.39 is 0 Å². The molecule has 0 heterocycles. The molecule has 0 bridgehead atoms. The lowest BCUT2D eigenvalue weighted by molar-refractivity contribution is 0.517. The number of hydrogen-bond acceptors (Lipinski definition) is 1. The van der Waals surface area contributed by atoms with E-state index in [9.17, 15) is 0 Å². The SMILES string of the molecule is CCCCCCCCCCCCCCCCCC(CCCCCC)SC(CCCCCC)CCCCCCCCCCCCCCCCC. The molecule has 0 aliphatic carbocycles. The number of thioether (sulfide) groups is 1. The smallest absolute Gasteiger partial charge is 0.00498 e. The lowest BCUT2D eigenvalue weighted by Crippen LogP contribution is -2.12. The van der Waals surface area contributed by atoms with Gasteiger partial charge in [0.05, 0.1) is 0 Å². The summed E-state index contributed by atoms with van der Waals surface area (Å²) in [7, 11) is 0. The molecule has 0 spiro atoms. The molecule has 296 valence electrons. The summed E-state index contributed by atoms with van der Waals surface area (Å²) in [5.74, 6) is 0. The highest BCUT2D eigenvalue weighted by atomic mass is 32.2. The summed E-state index contributed by atoms with van der Waals surface area (Å²) in [5.41, 5.74) is 0. The highest BCUT2D eigenvalue weighted by Gasteiger charge is 2.17. The summed E-state index contributed by atoms with van der Waals surface area (Å²) < 4.78 is 0. The van der Waals surface area contributed by atoms with Crippen LogP contribution in [0.2, 0.25) is 0 Å². The summed E-state index contributed by atoms with van der Waals surface area (Å²) >= 11 is 2.48. The van der Waals surface area contributed by atoms with E-state index in [-0.39, 0.29) is 0 Å². The maximum Gasteiger partial charge on any atom is 0.00498 e. The van der Waals surface area contributed by atoms with Crippen LogP contribution >= 0.6 is 11.8 Å². The van der Waals surface area contributed by atoms with Crippen LogP contribution in [0.25, 0.3) is 0 Å². The Morgan fingerprint density at radius 1 is 0.204 bits per heavy atom. The Morgan fingerprint density at radius 3 is 0.531 bits per heavy atom. The van der Waals surface area contributed by atoms with Crippen molar-refractivity contribution in [3.63, 3.8) is 0 Å². The fourth-order valence-electron chi connectivity index (χ4n) is 7.92. The van der Waals surface area contributed by atoms with E-state index in [1.807, 2.05) is 0 Å². The second-order valence-corrected chi connectivity index (χ2v) is 18.2. The van der Waals surface area contributed by atoms with Crippen molar-refractivity contribution in [3.05, 3.63) is 0 Å². The molecule has 0 aliphatic heterocycles. The van der Waals surface area contributed by atoms with Gasteiger partial charge in [-0.25, -0.2) is 0 Å². The second-order valence-electron chi connectivity index (χ2n) is 16.6. The van der Waals surface area contributed by atoms with Crippen molar-refractivity contribution >= 4 is 11.8 Å². The minimum atomic E-state index is 0.936. The summed E-state index contributed by atoms with van der Waals surface area (Å²) in [6.45, 7) is 9.37. The third-order valence-electron chi connectivity index (χ3n) is 11.4. The molecule has 0 aliphatic rings. The fourth-order valence-corrected chi connectivity index (χ4v) is 9.67. The summed E-state index contributed by atoms with van der Waals surface area (Å²) in [4.78, 5) is 0. The monoisotopic (exact) mass is 707 g/mol. The van der Waals surface area contributed by atoms with Crippen LogP contribution in [-0.2, 0) is 0 Å². The van der Waals surface area contributed by atoms with Gasteiger partial charge in [0.2, 0.25) is 0 Å². The van der Waals surface area contributed by atoms with Crippen molar-refractivity contribution < 1.29 is 0 Å². The molecule has 2 unspecified atom stereocenters. The Balaban J connectivity index is 4.21. The van der Waals surface area contributed by atoms with Crippen LogP contribution in [0.4, 0.5) is 0 Å². The van der Waals surface area contributed by atoms with E-state index in [0.29, 0.717) is 0 Å². The van der Waals surface area contributed by atoms with Crippen molar-refractivity contribution in [2.24, 2.45) is 0 Å². The lowest BCUT2D eigenvalue weighted by atomic mass is 10.0. The molecule has 0 rings (SSSR count). The van der Waals surface area contributed by atoms with Gasteiger partial charge in [-0.15, -0.1) is 0 Å². The van der Waals surface area contributed by atoms with E-state index >= 15 is 0 Å². The molecule has 0 aromatic rings. The first kappa shape index (κ1) is 49.4. The van der Waals surface area contributed by atoms with Gasteiger partial charge >= 0.3 is 0 Å². The quantitative estimate of drug-likeness (QED) is 0.0568. The van der Waals surface area contributed by atoms with Gasteiger partial charge < -0.3 is 0 Å². The fraction of sp³-hybridized carbons (Fsp3) is 1.00. The van der Waals surface area contributed by atoms with E-state index in [1.165, 1.54) is 270 Å². The highest BCUT2D eigenvalue weighted by Crippen LogP contribution is 2.33. The van der Waals surface area contributed by atoms with Crippen LogP contribution in [0.3, 0.4) is 0 Å². The first-order chi connectivity index (χ1) is 24.3. The Hall–Kier alpha value is 0.350. The first-order valence-electron chi connectivity index (χ1n) is 23.9. The van der Waals surface area contributed by atoms with Gasteiger partial charge in [-0.1, -0.05) is 272 Å². The minimum Gasteiger partial charge on any atom is -0.155 e. The molecule has 0 amide bonds. The molecule has 1 heteroatoms. The molecule has 2 atom stereocenters. The third kappa shape index (κ3) is 41.0. The lowest BCUT2D eigenvalue weighted by Gasteiger charge is -2.24. The van der Waals surface area contributed by atoms with E-state index in [4.69, 9.17) is 0 Å². The van der Waals surface area contributed by atoms with Crippen molar-refractivity contribution in [3.8, 4) is 0 Å². The maximum atomic E-state index is 2.48. The van der Waals surface area contributed by atoms with Gasteiger partial charge in [0.1, 0.15) is 0 Å². The van der Waals surface area contributed by atoms with Crippen molar-refractivity contribution in [1.29, 1.82) is 0 Å². The van der Waals surface area contributed by atoms with Gasteiger partial charge in [-0.3, -0.25) is 0 Å². The number of unbranched alkanes of at least 4 members (excludes halogenated alkanes) is 34. The molecule has 0 saturated heterocycles. The van der Waals surface area contributed by atoms with Crippen molar-refractivity contribution in [2.45, 2.75) is 308 Å². The summed E-state index contributed by atoms with van der Waals surface area (Å²) in [6.07, 6.45) is 61.8. The van der Waals surface area contributed by atoms with Gasteiger partial charge in [-0.2, -0.15) is 11.8 Å². The van der Waals surface area contributed by atoms with Crippen LogP contribution in [0.15, 0.2) is 0 Å². The zero-order chi connectivity index (χ0) is 35.6. The summed E-state index contributed by atoms with van der Waals surface area (Å²) in [5, 5.41) is 1.87. The predicted octanol–water partition coefficient (Wildman–Crippen LogP) is 18.9. The average Bonchev–Trinajstić information content (AvgIpc) is 3.11. The van der Waals surface area contributed by atoms with Gasteiger partial charge in [0.15, 0.2) is 0 Å². The molecule has 0 fully saturated rings. The number of rotatable bonds is 44. The molecule has 0 saturated carbocycles. The topological polar surface area (TPSA) is 0 Å². The molecule has 0 aromatic heterocycles. The van der Waals surface area contributed by atoms with Gasteiger partial charge in [-0.05, 0) is 25.7 Å². The maximum absolute atomic E-state index is 2.48. The molecular weight excluding hydrogens is 609 g/mol. The Bertz CT molecular complexity index is 509. The number of hydrogen-bond donors (Lipinski definition) is 0. The predicted molar refractivity (Wildman–Crippen MR) is 232 cm³/mol. The molecule has 0 aromatic carbocycles. The van der Waals surface area contributed by atoms with Crippen molar-refractivity contribution in [2.75, 3.05) is 0 Å². The molecule has 49 heavy (non-hydrogen) atoms. The normalized spacial score (nSPS) is 13.0. The molecular formula is C48H98S. The largest absolute Gasteiger partial charge is 0.155 e. The third-order valence-corrected chi connectivity index (χ3v) is 13.1. The van der Waals surface area contributed by atoms with Gasteiger partial charge in [0.25, 0.3) is 0 Å². The van der Waals surface area contributed by atoms with E-state index in [1.54, 1.807) is 0 Å². The first-order valence-corrected chi connectivity index (χ1v) is 24.9. The molecule has 0 N–H and O–H groups in total. The minimum absolute atomic E-state index is 0.936. The zero-order valence-corrected chi connectivity index (χ0v) is 36.1. The highest BCUT2D eigenvalue weighted by molar-refractivity contribution is 8.00.